The molecule has 0 unspecified atom stereocenters. The van der Waals surface area contributed by atoms with Crippen LogP contribution in [0.3, 0.4) is 0 Å². The number of hydrogen-bond acceptors (Lipinski definition) is 6. The van der Waals surface area contributed by atoms with Crippen LogP contribution in [0.25, 0.3) is 0 Å². The quantitative estimate of drug-likeness (QED) is 0.325. The van der Waals surface area contributed by atoms with E-state index in [1.165, 1.54) is 7.11 Å². The molecule has 1 heterocycles. The molecule has 32 heavy (non-hydrogen) atoms. The Morgan fingerprint density at radius 3 is 2.41 bits per heavy atom. The zero-order chi connectivity index (χ0) is 24.2. The van der Waals surface area contributed by atoms with Gasteiger partial charge in [-0.2, -0.15) is 0 Å². The summed E-state index contributed by atoms with van der Waals surface area (Å²) < 4.78 is 16.8. The number of nitrogens with zero attached hydrogens (tertiary/aromatic N) is 1. The minimum Gasteiger partial charge on any atom is -0.467 e. The van der Waals surface area contributed by atoms with Crippen molar-refractivity contribution in [2.24, 2.45) is 5.41 Å². The number of carbonyl (C=O) groups excluding carboxylic acids is 3. The molecule has 0 N–H and O–H groups in total. The highest BCUT2D eigenvalue weighted by Crippen LogP contribution is 2.43. The molecule has 1 fully saturated rings. The molecule has 0 aliphatic carbocycles. The lowest BCUT2D eigenvalue weighted by Gasteiger charge is -2.40. The number of esters is 1. The van der Waals surface area contributed by atoms with Crippen LogP contribution in [0.5, 0.6) is 0 Å². The third kappa shape index (κ3) is 5.30. The smallest absolute Gasteiger partial charge is 0.411 e. The van der Waals surface area contributed by atoms with Crippen molar-refractivity contribution in [1.82, 2.24) is 4.90 Å². The summed E-state index contributed by atoms with van der Waals surface area (Å²) in [6, 6.07) is 8.06. The zero-order valence-electron chi connectivity index (χ0n) is 20.0. The van der Waals surface area contributed by atoms with E-state index in [4.69, 9.17) is 13.9 Å². The fourth-order valence-electron chi connectivity index (χ4n) is 3.52. The van der Waals surface area contributed by atoms with Crippen LogP contribution >= 0.6 is 0 Å². The highest BCUT2D eigenvalue weighted by atomic mass is 28.4. The molecule has 1 aliphatic rings. The zero-order valence-corrected chi connectivity index (χ0v) is 21.0. The van der Waals surface area contributed by atoms with Gasteiger partial charge < -0.3 is 13.9 Å². The highest BCUT2D eigenvalue weighted by molar-refractivity contribution is 6.74. The first-order chi connectivity index (χ1) is 14.9. The van der Waals surface area contributed by atoms with Gasteiger partial charge in [0.2, 0.25) is 0 Å². The average Bonchev–Trinajstić information content (AvgIpc) is 3.02. The first kappa shape index (κ1) is 25.8. The van der Waals surface area contributed by atoms with Gasteiger partial charge in [-0.3, -0.25) is 9.69 Å². The summed E-state index contributed by atoms with van der Waals surface area (Å²) in [6.45, 7) is 14.0. The number of carbonyl (C=O) groups is 3. The number of amides is 1. The van der Waals surface area contributed by atoms with Crippen LogP contribution in [0.2, 0.25) is 18.1 Å². The second kappa shape index (κ2) is 10.00. The van der Waals surface area contributed by atoms with Crippen LogP contribution in [-0.2, 0) is 30.1 Å². The van der Waals surface area contributed by atoms with Crippen LogP contribution in [-0.4, -0.2) is 57.4 Å². The van der Waals surface area contributed by atoms with Crippen molar-refractivity contribution in [3.63, 3.8) is 0 Å². The summed E-state index contributed by atoms with van der Waals surface area (Å²) in [5.74, 6) is -0.934. The standard InChI is InChI=1S/C24H35NO6Si/c1-8-14-24(17-31-32(6,7)23(2,3)4)19(26)15-25(20(24)21(27)29-5)22(28)30-16-18-12-10-9-11-13-18/h8-13,20H,1,14-17H2,2-7H3/t20-,24+/m1/s1. The molecular formula is C24H35NO6Si. The van der Waals surface area contributed by atoms with Gasteiger partial charge in [-0.15, -0.1) is 6.58 Å². The van der Waals surface area contributed by atoms with E-state index in [2.05, 4.69) is 40.4 Å². The molecule has 2 atom stereocenters. The summed E-state index contributed by atoms with van der Waals surface area (Å²) in [4.78, 5) is 40.3. The predicted molar refractivity (Wildman–Crippen MR) is 125 cm³/mol. The van der Waals surface area contributed by atoms with Crippen molar-refractivity contribution in [1.29, 1.82) is 0 Å². The summed E-state index contributed by atoms with van der Waals surface area (Å²) >= 11 is 0. The molecule has 1 aromatic rings. The van der Waals surface area contributed by atoms with Crippen molar-refractivity contribution >= 4 is 26.2 Å². The van der Waals surface area contributed by atoms with E-state index >= 15 is 0 Å². The summed E-state index contributed by atoms with van der Waals surface area (Å²) in [5, 5.41) is -0.0842. The minimum absolute atomic E-state index is 0.0105. The summed E-state index contributed by atoms with van der Waals surface area (Å²) in [7, 11) is -0.992. The fraction of sp³-hybridized carbons (Fsp3) is 0.542. The van der Waals surface area contributed by atoms with Crippen molar-refractivity contribution < 1.29 is 28.3 Å². The van der Waals surface area contributed by atoms with Gasteiger partial charge in [0, 0.05) is 6.61 Å². The van der Waals surface area contributed by atoms with Crippen LogP contribution < -0.4 is 0 Å². The number of likely N-dealkylation sites (tertiary alicyclic amines) is 1. The van der Waals surface area contributed by atoms with Crippen molar-refractivity contribution in [2.75, 3.05) is 20.3 Å². The number of ketones is 1. The van der Waals surface area contributed by atoms with Gasteiger partial charge in [0.15, 0.2) is 14.1 Å². The molecule has 0 spiro atoms. The van der Waals surface area contributed by atoms with Crippen LogP contribution in [0.4, 0.5) is 4.79 Å². The second-order valence-electron chi connectivity index (χ2n) is 9.71. The van der Waals surface area contributed by atoms with E-state index in [1.54, 1.807) is 6.08 Å². The Labute approximate surface area is 191 Å². The number of hydrogen-bond donors (Lipinski definition) is 0. The van der Waals surface area contributed by atoms with Crippen molar-refractivity contribution in [2.45, 2.75) is 58.0 Å². The third-order valence-electron chi connectivity index (χ3n) is 6.57. The van der Waals surface area contributed by atoms with Gasteiger partial charge in [-0.1, -0.05) is 57.2 Å². The molecule has 1 amide bonds. The number of allylic oxidation sites excluding steroid dienone is 1. The van der Waals surface area contributed by atoms with Crippen LogP contribution in [0, 0.1) is 5.41 Å². The number of benzene rings is 1. The molecule has 0 saturated carbocycles. The molecule has 7 nitrogen and oxygen atoms in total. The van der Waals surface area contributed by atoms with E-state index in [1.807, 2.05) is 30.3 Å². The molecule has 0 bridgehead atoms. The SMILES string of the molecule is C=CC[C@]1(CO[Si](C)(C)C(C)(C)C)C(=O)CN(C(=O)OCc2ccccc2)[C@@H]1C(=O)OC. The Hall–Kier alpha value is -2.45. The summed E-state index contributed by atoms with van der Waals surface area (Å²) in [5.41, 5.74) is -0.463. The first-order valence-corrected chi connectivity index (χ1v) is 13.6. The molecule has 2 rings (SSSR count). The monoisotopic (exact) mass is 461 g/mol. The Morgan fingerprint density at radius 1 is 1.25 bits per heavy atom. The number of methoxy groups -OCH3 is 1. The maximum Gasteiger partial charge on any atom is 0.411 e. The number of rotatable bonds is 8. The molecule has 0 radical (unpaired) electrons. The Bertz CT molecular complexity index is 848. The topological polar surface area (TPSA) is 82.1 Å². The van der Waals surface area contributed by atoms with Crippen molar-refractivity contribution in [3.05, 3.63) is 48.6 Å². The molecule has 1 aromatic carbocycles. The van der Waals surface area contributed by atoms with Gasteiger partial charge in [0.05, 0.1) is 19.1 Å². The molecule has 8 heteroatoms. The van der Waals surface area contributed by atoms with E-state index < -0.39 is 31.8 Å². The van der Waals surface area contributed by atoms with Gasteiger partial charge in [-0.25, -0.2) is 9.59 Å². The Morgan fingerprint density at radius 2 is 1.88 bits per heavy atom. The Kier molecular flexibility index (Phi) is 8.06. The van der Waals surface area contributed by atoms with E-state index in [0.717, 1.165) is 10.5 Å². The Balaban J connectivity index is 2.33. The predicted octanol–water partition coefficient (Wildman–Crippen LogP) is 4.33. The molecule has 0 aromatic heterocycles. The normalized spacial score (nSPS) is 21.4. The van der Waals surface area contributed by atoms with Gasteiger partial charge >= 0.3 is 12.1 Å². The molecular weight excluding hydrogens is 426 g/mol. The maximum atomic E-state index is 13.3. The van der Waals surface area contributed by atoms with Crippen LogP contribution in [0.15, 0.2) is 43.0 Å². The molecule has 1 aliphatic heterocycles. The second-order valence-corrected chi connectivity index (χ2v) is 14.5. The molecule has 176 valence electrons. The maximum absolute atomic E-state index is 13.3. The highest BCUT2D eigenvalue weighted by Gasteiger charge is 2.60. The van der Waals surface area contributed by atoms with E-state index in [-0.39, 0.29) is 37.0 Å². The lowest BCUT2D eigenvalue weighted by molar-refractivity contribution is -0.151. The fourth-order valence-corrected chi connectivity index (χ4v) is 4.57. The number of Topliss-reactive ketones (excluding diaryl/α,β-unsaturated/α-hetero) is 1. The van der Waals surface area contributed by atoms with E-state index in [9.17, 15) is 14.4 Å². The average molecular weight is 462 g/mol. The van der Waals surface area contributed by atoms with E-state index in [0.29, 0.717) is 0 Å². The third-order valence-corrected chi connectivity index (χ3v) is 11.1. The van der Waals surface area contributed by atoms with Crippen molar-refractivity contribution in [3.8, 4) is 0 Å². The van der Waals surface area contributed by atoms with Gasteiger partial charge in [-0.05, 0) is 30.1 Å². The largest absolute Gasteiger partial charge is 0.467 e. The van der Waals surface area contributed by atoms with Gasteiger partial charge in [0.25, 0.3) is 0 Å². The van der Waals surface area contributed by atoms with Crippen LogP contribution in [0.1, 0.15) is 32.8 Å². The lowest BCUT2D eigenvalue weighted by atomic mass is 9.77. The first-order valence-electron chi connectivity index (χ1n) is 10.7. The van der Waals surface area contributed by atoms with Gasteiger partial charge in [0.1, 0.15) is 12.6 Å². The molecule has 1 saturated heterocycles. The minimum atomic E-state index is -2.23. The summed E-state index contributed by atoms with van der Waals surface area (Å²) in [6.07, 6.45) is 1.03. The number of ether oxygens (including phenoxy) is 2. The lowest BCUT2D eigenvalue weighted by Crippen LogP contribution is -2.54.